The van der Waals surface area contributed by atoms with E-state index in [-0.39, 0.29) is 18.3 Å². The topological polar surface area (TPSA) is 52.6 Å². The van der Waals surface area contributed by atoms with Crippen molar-refractivity contribution in [3.8, 4) is 0 Å². The Kier molecular flexibility index (Phi) is 8.05. The Balaban J connectivity index is 2.46. The molecule has 0 saturated carbocycles. The van der Waals surface area contributed by atoms with Crippen molar-refractivity contribution in [1.29, 1.82) is 0 Å². The van der Waals surface area contributed by atoms with Crippen molar-refractivity contribution in [3.63, 3.8) is 0 Å². The minimum Gasteiger partial charge on any atom is -0.469 e. The maximum atomic E-state index is 11.2. The van der Waals surface area contributed by atoms with Gasteiger partial charge >= 0.3 is 5.97 Å². The van der Waals surface area contributed by atoms with Crippen LogP contribution in [0.5, 0.6) is 0 Å². The fourth-order valence-corrected chi connectivity index (χ4v) is 1.91. The molecule has 0 aromatic heterocycles. The number of ether oxygens (including phenoxy) is 2. The molecule has 4 nitrogen and oxygen atoms in total. The molecule has 0 radical (unpaired) electrons. The second-order valence-corrected chi connectivity index (χ2v) is 4.83. The molecule has 0 amide bonds. The average molecular weight is 290 g/mol. The number of carbonyl (C=O) groups excluding carboxylic acids is 2. The normalized spacial score (nSPS) is 12.8. The van der Waals surface area contributed by atoms with E-state index in [0.29, 0.717) is 19.6 Å². The summed E-state index contributed by atoms with van der Waals surface area (Å²) in [5.74, 6) is -0.223. The maximum Gasteiger partial charge on any atom is 0.309 e. The molecule has 1 rings (SSSR count). The molecule has 1 aromatic rings. The Hall–Kier alpha value is -1.94. The van der Waals surface area contributed by atoms with Crippen LogP contribution in [0.25, 0.3) is 0 Å². The lowest BCUT2D eigenvalue weighted by atomic mass is 9.98. The van der Waals surface area contributed by atoms with Crippen LogP contribution in [-0.2, 0) is 25.7 Å². The van der Waals surface area contributed by atoms with Crippen molar-refractivity contribution in [2.24, 2.45) is 5.92 Å². The van der Waals surface area contributed by atoms with Gasteiger partial charge in [-0.25, -0.2) is 0 Å². The zero-order valence-electron chi connectivity index (χ0n) is 12.6. The van der Waals surface area contributed by atoms with Gasteiger partial charge in [0.2, 0.25) is 0 Å². The first-order valence-corrected chi connectivity index (χ1v) is 6.98. The predicted molar refractivity (Wildman–Crippen MR) is 80.7 cm³/mol. The standard InChI is InChI=1S/C17H22O4/c1-14(12-21-13-15-6-4-3-5-7-15)16(10-11-18)8-9-17(19)20-2/h3-8,11,14H,9-10,12-13H2,1-2H3/b16-8-/t14-/m0/s1. The zero-order valence-corrected chi connectivity index (χ0v) is 12.6. The molecular weight excluding hydrogens is 268 g/mol. The van der Waals surface area contributed by atoms with Gasteiger partial charge in [0.25, 0.3) is 0 Å². The first-order valence-electron chi connectivity index (χ1n) is 6.98. The van der Waals surface area contributed by atoms with E-state index in [0.717, 1.165) is 17.4 Å². The second kappa shape index (κ2) is 9.88. The van der Waals surface area contributed by atoms with E-state index in [1.807, 2.05) is 37.3 Å². The first kappa shape index (κ1) is 17.1. The molecule has 0 heterocycles. The number of rotatable bonds is 9. The summed E-state index contributed by atoms with van der Waals surface area (Å²) >= 11 is 0. The molecule has 0 N–H and O–H groups in total. The van der Waals surface area contributed by atoms with Crippen molar-refractivity contribution in [3.05, 3.63) is 47.5 Å². The second-order valence-electron chi connectivity index (χ2n) is 4.83. The van der Waals surface area contributed by atoms with Crippen LogP contribution in [0.3, 0.4) is 0 Å². The van der Waals surface area contributed by atoms with Crippen LogP contribution in [0.2, 0.25) is 0 Å². The smallest absolute Gasteiger partial charge is 0.309 e. The first-order chi connectivity index (χ1) is 10.2. The predicted octanol–water partition coefficient (Wildman–Crippen LogP) is 2.92. The Labute approximate surface area is 125 Å². The van der Waals surface area contributed by atoms with Gasteiger partial charge in [-0.05, 0) is 5.56 Å². The molecular formula is C17H22O4. The van der Waals surface area contributed by atoms with Gasteiger partial charge in [-0.1, -0.05) is 48.9 Å². The molecule has 21 heavy (non-hydrogen) atoms. The van der Waals surface area contributed by atoms with E-state index in [1.54, 1.807) is 6.08 Å². The Morgan fingerprint density at radius 2 is 1.95 bits per heavy atom. The molecule has 0 aliphatic rings. The summed E-state index contributed by atoms with van der Waals surface area (Å²) < 4.78 is 10.3. The largest absolute Gasteiger partial charge is 0.469 e. The van der Waals surface area contributed by atoms with Crippen molar-refractivity contribution < 1.29 is 19.1 Å². The van der Waals surface area contributed by atoms with Gasteiger partial charge in [0.15, 0.2) is 0 Å². The van der Waals surface area contributed by atoms with Gasteiger partial charge in [0.05, 0.1) is 26.7 Å². The lowest BCUT2D eigenvalue weighted by Gasteiger charge is -2.15. The third kappa shape index (κ3) is 6.86. The van der Waals surface area contributed by atoms with Crippen molar-refractivity contribution in [1.82, 2.24) is 0 Å². The van der Waals surface area contributed by atoms with Crippen LogP contribution >= 0.6 is 0 Å². The van der Waals surface area contributed by atoms with Crippen LogP contribution < -0.4 is 0 Å². The lowest BCUT2D eigenvalue weighted by molar-refractivity contribution is -0.139. The highest BCUT2D eigenvalue weighted by atomic mass is 16.5. The van der Waals surface area contributed by atoms with Gasteiger partial charge < -0.3 is 14.3 Å². The fourth-order valence-electron chi connectivity index (χ4n) is 1.91. The third-order valence-corrected chi connectivity index (χ3v) is 3.19. The number of esters is 1. The summed E-state index contributed by atoms with van der Waals surface area (Å²) in [7, 11) is 1.35. The van der Waals surface area contributed by atoms with Gasteiger partial charge in [0.1, 0.15) is 6.29 Å². The number of hydrogen-bond acceptors (Lipinski definition) is 4. The van der Waals surface area contributed by atoms with Gasteiger partial charge in [0, 0.05) is 12.3 Å². The lowest BCUT2D eigenvalue weighted by Crippen LogP contribution is -2.10. The zero-order chi connectivity index (χ0) is 15.5. The van der Waals surface area contributed by atoms with E-state index in [4.69, 9.17) is 4.74 Å². The number of methoxy groups -OCH3 is 1. The van der Waals surface area contributed by atoms with Crippen LogP contribution in [-0.4, -0.2) is 26.0 Å². The summed E-state index contributed by atoms with van der Waals surface area (Å²) in [6, 6.07) is 9.91. The SMILES string of the molecule is COC(=O)C/C=C(/CC=O)[C@@H](C)COCc1ccccc1. The van der Waals surface area contributed by atoms with Crippen molar-refractivity contribution in [2.75, 3.05) is 13.7 Å². The maximum absolute atomic E-state index is 11.2. The van der Waals surface area contributed by atoms with E-state index in [2.05, 4.69) is 4.74 Å². The van der Waals surface area contributed by atoms with Gasteiger partial charge in [-0.3, -0.25) is 4.79 Å². The molecule has 0 bridgehead atoms. The third-order valence-electron chi connectivity index (χ3n) is 3.19. The molecule has 1 aromatic carbocycles. The fraction of sp³-hybridized carbons (Fsp3) is 0.412. The molecule has 0 fully saturated rings. The van der Waals surface area contributed by atoms with Crippen LogP contribution in [0.4, 0.5) is 0 Å². The van der Waals surface area contributed by atoms with Gasteiger partial charge in [-0.15, -0.1) is 0 Å². The van der Waals surface area contributed by atoms with E-state index in [1.165, 1.54) is 7.11 Å². The summed E-state index contributed by atoms with van der Waals surface area (Å²) in [6.45, 7) is 3.03. The Morgan fingerprint density at radius 1 is 1.24 bits per heavy atom. The number of benzene rings is 1. The quantitative estimate of drug-likeness (QED) is 0.398. The van der Waals surface area contributed by atoms with Crippen LogP contribution in [0, 0.1) is 5.92 Å². The molecule has 0 aliphatic heterocycles. The highest BCUT2D eigenvalue weighted by Crippen LogP contribution is 2.16. The minimum atomic E-state index is -0.309. The van der Waals surface area contributed by atoms with Gasteiger partial charge in [-0.2, -0.15) is 0 Å². The summed E-state index contributed by atoms with van der Waals surface area (Å²) in [5, 5.41) is 0. The Morgan fingerprint density at radius 3 is 2.57 bits per heavy atom. The highest BCUT2D eigenvalue weighted by molar-refractivity contribution is 5.71. The molecule has 0 saturated heterocycles. The van der Waals surface area contributed by atoms with E-state index >= 15 is 0 Å². The summed E-state index contributed by atoms with van der Waals surface area (Å²) in [5.41, 5.74) is 2.02. The monoisotopic (exact) mass is 290 g/mol. The molecule has 1 atom stereocenters. The van der Waals surface area contributed by atoms with Crippen molar-refractivity contribution >= 4 is 12.3 Å². The minimum absolute atomic E-state index is 0.0866. The summed E-state index contributed by atoms with van der Waals surface area (Å²) in [4.78, 5) is 21.9. The molecule has 4 heteroatoms. The van der Waals surface area contributed by atoms with E-state index < -0.39 is 0 Å². The molecule has 0 aliphatic carbocycles. The summed E-state index contributed by atoms with van der Waals surface area (Å²) in [6.07, 6.45) is 3.10. The van der Waals surface area contributed by atoms with E-state index in [9.17, 15) is 9.59 Å². The average Bonchev–Trinajstić information content (AvgIpc) is 2.51. The number of aldehydes is 1. The molecule has 114 valence electrons. The van der Waals surface area contributed by atoms with Crippen LogP contribution in [0.1, 0.15) is 25.3 Å². The number of carbonyl (C=O) groups is 2. The van der Waals surface area contributed by atoms with Crippen molar-refractivity contribution in [2.45, 2.75) is 26.4 Å². The van der Waals surface area contributed by atoms with Crippen LogP contribution in [0.15, 0.2) is 42.0 Å². The highest BCUT2D eigenvalue weighted by Gasteiger charge is 2.10. The Bertz CT molecular complexity index is 465. The molecule has 0 spiro atoms. The molecule has 0 unspecified atom stereocenters. The number of hydrogen-bond donors (Lipinski definition) is 0.